The predicted molar refractivity (Wildman–Crippen MR) is 81.4 cm³/mol. The molecule has 0 saturated carbocycles. The maximum Gasteiger partial charge on any atom is 0.337 e. The molecule has 0 aromatic heterocycles. The van der Waals surface area contributed by atoms with Gasteiger partial charge in [0.05, 0.1) is 27.3 Å². The fraction of sp³-hybridized carbons (Fsp3) is 0. The highest BCUT2D eigenvalue weighted by Crippen LogP contribution is 2.21. The van der Waals surface area contributed by atoms with Crippen molar-refractivity contribution in [1.29, 1.82) is 0 Å². The van der Waals surface area contributed by atoms with Crippen molar-refractivity contribution < 1.29 is 29.5 Å². The number of para-hydroxylation sites is 1. The van der Waals surface area contributed by atoms with Crippen molar-refractivity contribution in [1.82, 2.24) is 0 Å². The van der Waals surface area contributed by atoms with Crippen LogP contribution in [0.3, 0.4) is 0 Å². The van der Waals surface area contributed by atoms with Crippen LogP contribution in [-0.2, 0) is 0 Å². The van der Waals surface area contributed by atoms with Crippen LogP contribution in [0.1, 0.15) is 31.1 Å². The van der Waals surface area contributed by atoms with E-state index in [0.29, 0.717) is 0 Å². The van der Waals surface area contributed by atoms with Gasteiger partial charge in [-0.25, -0.2) is 9.59 Å². The van der Waals surface area contributed by atoms with Crippen molar-refractivity contribution in [3.05, 3.63) is 69.3 Å². The quantitative estimate of drug-likeness (QED) is 0.562. The normalized spacial score (nSPS) is 10.0. The van der Waals surface area contributed by atoms with Gasteiger partial charge in [0.25, 0.3) is 11.6 Å². The molecule has 9 nitrogen and oxygen atoms in total. The monoisotopic (exact) mass is 330 g/mol. The number of anilines is 1. The molecule has 0 aliphatic rings. The molecule has 0 fully saturated rings. The van der Waals surface area contributed by atoms with Crippen molar-refractivity contribution >= 4 is 29.2 Å². The number of non-ortho nitro benzene ring substituents is 1. The minimum Gasteiger partial charge on any atom is -0.478 e. The van der Waals surface area contributed by atoms with E-state index >= 15 is 0 Å². The Morgan fingerprint density at radius 3 is 2.12 bits per heavy atom. The second kappa shape index (κ2) is 6.57. The zero-order valence-electron chi connectivity index (χ0n) is 11.9. The number of benzene rings is 2. The first-order chi connectivity index (χ1) is 11.3. The number of aromatic carboxylic acids is 2. The Bertz CT molecular complexity index is 861. The molecule has 0 unspecified atom stereocenters. The lowest BCUT2D eigenvalue weighted by Gasteiger charge is -2.10. The molecule has 0 atom stereocenters. The average Bonchev–Trinajstić information content (AvgIpc) is 2.54. The van der Waals surface area contributed by atoms with Crippen LogP contribution in [0.15, 0.2) is 42.5 Å². The van der Waals surface area contributed by atoms with Gasteiger partial charge in [0.15, 0.2) is 0 Å². The standard InChI is InChI=1S/C15H10N2O7/c18-13(16-12-4-2-1-3-10(12)14(19)20)9-6-5-8(17(23)24)7-11(9)15(21)22/h1-7H,(H,16,18)(H,19,20)(H,21,22). The van der Waals surface area contributed by atoms with E-state index in [1.807, 2.05) is 0 Å². The number of hydrogen-bond acceptors (Lipinski definition) is 5. The molecule has 0 aliphatic heterocycles. The zero-order chi connectivity index (χ0) is 17.9. The lowest BCUT2D eigenvalue weighted by molar-refractivity contribution is -0.384. The lowest BCUT2D eigenvalue weighted by Crippen LogP contribution is -2.18. The molecule has 0 radical (unpaired) electrons. The summed E-state index contributed by atoms with van der Waals surface area (Å²) in [5.74, 6) is -3.68. The molecule has 0 aliphatic carbocycles. The number of nitro benzene ring substituents is 1. The molecule has 0 saturated heterocycles. The van der Waals surface area contributed by atoms with Crippen LogP contribution in [0.25, 0.3) is 0 Å². The Hall–Kier alpha value is -3.75. The third kappa shape index (κ3) is 3.35. The molecule has 2 rings (SSSR count). The summed E-state index contributed by atoms with van der Waals surface area (Å²) in [5, 5.41) is 31.2. The number of hydrogen-bond donors (Lipinski definition) is 3. The molecule has 2 aromatic rings. The van der Waals surface area contributed by atoms with Crippen molar-refractivity contribution in [3.8, 4) is 0 Å². The van der Waals surface area contributed by atoms with E-state index in [4.69, 9.17) is 10.2 Å². The second-order valence-electron chi connectivity index (χ2n) is 4.60. The number of nitro groups is 1. The van der Waals surface area contributed by atoms with Crippen molar-refractivity contribution in [2.24, 2.45) is 0 Å². The summed E-state index contributed by atoms with van der Waals surface area (Å²) >= 11 is 0. The smallest absolute Gasteiger partial charge is 0.337 e. The molecule has 1 amide bonds. The minimum atomic E-state index is -1.52. The van der Waals surface area contributed by atoms with Gasteiger partial charge in [0, 0.05) is 12.1 Å². The number of carboxylic acids is 2. The Balaban J connectivity index is 2.42. The molecule has 24 heavy (non-hydrogen) atoms. The molecular weight excluding hydrogens is 320 g/mol. The van der Waals surface area contributed by atoms with Crippen molar-refractivity contribution in [2.45, 2.75) is 0 Å². The Morgan fingerprint density at radius 1 is 0.917 bits per heavy atom. The highest BCUT2D eigenvalue weighted by atomic mass is 16.6. The van der Waals surface area contributed by atoms with E-state index in [0.717, 1.165) is 18.2 Å². The van der Waals surface area contributed by atoms with E-state index in [9.17, 15) is 24.5 Å². The third-order valence-corrected chi connectivity index (χ3v) is 3.09. The third-order valence-electron chi connectivity index (χ3n) is 3.09. The molecule has 0 heterocycles. The predicted octanol–water partition coefficient (Wildman–Crippen LogP) is 2.24. The Kier molecular flexibility index (Phi) is 4.55. The topological polar surface area (TPSA) is 147 Å². The highest BCUT2D eigenvalue weighted by Gasteiger charge is 2.21. The van der Waals surface area contributed by atoms with E-state index in [1.54, 1.807) is 0 Å². The first-order valence-electron chi connectivity index (χ1n) is 6.46. The number of amides is 1. The maximum absolute atomic E-state index is 12.3. The van der Waals surface area contributed by atoms with Crippen LogP contribution in [0.4, 0.5) is 11.4 Å². The summed E-state index contributed by atoms with van der Waals surface area (Å²) < 4.78 is 0. The van der Waals surface area contributed by atoms with Gasteiger partial charge in [-0.2, -0.15) is 0 Å². The number of carbonyl (C=O) groups excluding carboxylic acids is 1. The summed E-state index contributed by atoms with van der Waals surface area (Å²) in [6, 6.07) is 8.33. The average molecular weight is 330 g/mol. The first-order valence-corrected chi connectivity index (χ1v) is 6.46. The van der Waals surface area contributed by atoms with Crippen molar-refractivity contribution in [3.63, 3.8) is 0 Å². The number of carbonyl (C=O) groups is 3. The summed E-state index contributed by atoms with van der Waals surface area (Å²) in [7, 11) is 0. The second-order valence-corrected chi connectivity index (χ2v) is 4.60. The fourth-order valence-electron chi connectivity index (χ4n) is 1.99. The van der Waals surface area contributed by atoms with Gasteiger partial charge < -0.3 is 15.5 Å². The van der Waals surface area contributed by atoms with Gasteiger partial charge in [-0.05, 0) is 18.2 Å². The van der Waals surface area contributed by atoms with Gasteiger partial charge in [-0.15, -0.1) is 0 Å². The molecule has 0 spiro atoms. The maximum atomic E-state index is 12.3. The van der Waals surface area contributed by atoms with Crippen LogP contribution in [0.2, 0.25) is 0 Å². The van der Waals surface area contributed by atoms with E-state index in [1.165, 1.54) is 24.3 Å². The zero-order valence-corrected chi connectivity index (χ0v) is 11.9. The van der Waals surface area contributed by atoms with Crippen LogP contribution < -0.4 is 5.32 Å². The van der Waals surface area contributed by atoms with Gasteiger partial charge >= 0.3 is 11.9 Å². The lowest BCUT2D eigenvalue weighted by atomic mass is 10.1. The van der Waals surface area contributed by atoms with Gasteiger partial charge in [0.2, 0.25) is 0 Å². The molecule has 0 bridgehead atoms. The molecule has 122 valence electrons. The Labute approximate surface area is 134 Å². The van der Waals surface area contributed by atoms with Crippen LogP contribution in [-0.4, -0.2) is 33.0 Å². The number of nitrogens with one attached hydrogen (secondary N) is 1. The molecule has 9 heteroatoms. The fourth-order valence-corrected chi connectivity index (χ4v) is 1.99. The van der Waals surface area contributed by atoms with E-state index in [2.05, 4.69) is 5.32 Å². The minimum absolute atomic E-state index is 0.0234. The largest absolute Gasteiger partial charge is 0.478 e. The van der Waals surface area contributed by atoms with Crippen LogP contribution in [0.5, 0.6) is 0 Å². The van der Waals surface area contributed by atoms with Crippen LogP contribution >= 0.6 is 0 Å². The highest BCUT2D eigenvalue weighted by molar-refractivity contribution is 6.12. The van der Waals surface area contributed by atoms with E-state index in [-0.39, 0.29) is 16.8 Å². The summed E-state index contributed by atoms with van der Waals surface area (Å²) in [6.07, 6.45) is 0. The first kappa shape index (κ1) is 16.6. The van der Waals surface area contributed by atoms with Crippen LogP contribution in [0, 0.1) is 10.1 Å². The SMILES string of the molecule is O=C(O)c1ccccc1NC(=O)c1ccc([N+](=O)[O-])cc1C(=O)O. The number of nitrogens with zero attached hydrogens (tertiary/aromatic N) is 1. The van der Waals surface area contributed by atoms with Crippen molar-refractivity contribution in [2.75, 3.05) is 5.32 Å². The summed E-state index contributed by atoms with van der Waals surface area (Å²) in [4.78, 5) is 44.5. The molecule has 3 N–H and O–H groups in total. The molecule has 2 aromatic carbocycles. The van der Waals surface area contributed by atoms with E-state index < -0.39 is 34.0 Å². The van der Waals surface area contributed by atoms with Gasteiger partial charge in [0.1, 0.15) is 0 Å². The summed E-state index contributed by atoms with van der Waals surface area (Å²) in [6.45, 7) is 0. The number of rotatable bonds is 5. The molecular formula is C15H10N2O7. The Morgan fingerprint density at radius 2 is 1.54 bits per heavy atom. The van der Waals surface area contributed by atoms with Gasteiger partial charge in [-0.1, -0.05) is 12.1 Å². The summed E-state index contributed by atoms with van der Waals surface area (Å²) in [5.41, 5.74) is -1.56. The number of carboxylic acid groups (broad SMARTS) is 2. The van der Waals surface area contributed by atoms with Gasteiger partial charge in [-0.3, -0.25) is 14.9 Å².